The molecular formula is C19H19N3O4S. The Hall–Kier alpha value is -3.13. The number of anilines is 2. The molecule has 0 radical (unpaired) electrons. The van der Waals surface area contributed by atoms with Crippen molar-refractivity contribution in [3.8, 4) is 11.5 Å². The molecule has 0 saturated heterocycles. The molecule has 1 heterocycles. The topological polar surface area (TPSA) is 89.5 Å². The van der Waals surface area contributed by atoms with Crippen molar-refractivity contribution in [3.05, 3.63) is 42.0 Å². The van der Waals surface area contributed by atoms with E-state index in [2.05, 4.69) is 15.6 Å². The summed E-state index contributed by atoms with van der Waals surface area (Å²) in [5.41, 5.74) is 2.25. The van der Waals surface area contributed by atoms with Gasteiger partial charge in [0.1, 0.15) is 0 Å². The summed E-state index contributed by atoms with van der Waals surface area (Å²) in [7, 11) is 3.12. The summed E-state index contributed by atoms with van der Waals surface area (Å²) in [6.45, 7) is 1.44. The molecule has 140 valence electrons. The van der Waals surface area contributed by atoms with E-state index in [4.69, 9.17) is 9.47 Å². The molecule has 27 heavy (non-hydrogen) atoms. The number of carbonyl (C=O) groups is 2. The van der Waals surface area contributed by atoms with Gasteiger partial charge in [-0.2, -0.15) is 0 Å². The van der Waals surface area contributed by atoms with Crippen LogP contribution in [0.15, 0.2) is 36.4 Å². The van der Waals surface area contributed by atoms with Gasteiger partial charge in [0.15, 0.2) is 16.6 Å². The lowest BCUT2D eigenvalue weighted by atomic mass is 10.1. The maximum Gasteiger partial charge on any atom is 0.228 e. The number of carbonyl (C=O) groups excluding carboxylic acids is 2. The van der Waals surface area contributed by atoms with Gasteiger partial charge in [-0.05, 0) is 35.9 Å². The van der Waals surface area contributed by atoms with Crippen molar-refractivity contribution in [2.45, 2.75) is 13.3 Å². The number of hydrogen-bond donors (Lipinski definition) is 2. The van der Waals surface area contributed by atoms with Crippen LogP contribution in [0.3, 0.4) is 0 Å². The molecule has 0 aliphatic rings. The van der Waals surface area contributed by atoms with E-state index in [9.17, 15) is 9.59 Å². The van der Waals surface area contributed by atoms with Crippen molar-refractivity contribution < 1.29 is 19.1 Å². The zero-order valence-corrected chi connectivity index (χ0v) is 16.0. The van der Waals surface area contributed by atoms with E-state index >= 15 is 0 Å². The molecule has 8 heteroatoms. The number of ether oxygens (including phenoxy) is 2. The first-order chi connectivity index (χ1) is 13.0. The average molecular weight is 385 g/mol. The molecule has 0 aliphatic heterocycles. The highest BCUT2D eigenvalue weighted by atomic mass is 32.1. The van der Waals surface area contributed by atoms with Crippen LogP contribution in [-0.4, -0.2) is 31.0 Å². The number of methoxy groups -OCH3 is 2. The van der Waals surface area contributed by atoms with E-state index in [-0.39, 0.29) is 18.2 Å². The van der Waals surface area contributed by atoms with Crippen LogP contribution in [0.5, 0.6) is 11.5 Å². The number of hydrogen-bond acceptors (Lipinski definition) is 6. The largest absolute Gasteiger partial charge is 0.493 e. The number of nitrogens with one attached hydrogen (secondary N) is 2. The summed E-state index contributed by atoms with van der Waals surface area (Å²) in [6.07, 6.45) is 0.207. The Morgan fingerprint density at radius 3 is 2.52 bits per heavy atom. The summed E-state index contributed by atoms with van der Waals surface area (Å²) in [5.74, 6) is 0.886. The zero-order valence-electron chi connectivity index (χ0n) is 15.2. The van der Waals surface area contributed by atoms with Crippen LogP contribution in [0.1, 0.15) is 12.5 Å². The normalized spacial score (nSPS) is 10.5. The molecule has 2 N–H and O–H groups in total. The minimum absolute atomic E-state index is 0.145. The van der Waals surface area contributed by atoms with Gasteiger partial charge in [0.05, 0.1) is 30.9 Å². The van der Waals surface area contributed by atoms with E-state index in [0.29, 0.717) is 22.3 Å². The third kappa shape index (κ3) is 4.53. The predicted octanol–water partition coefficient (Wildman–Crippen LogP) is 3.45. The average Bonchev–Trinajstić information content (AvgIpc) is 3.02. The molecule has 0 saturated carbocycles. The van der Waals surface area contributed by atoms with E-state index in [1.165, 1.54) is 18.3 Å². The number of amides is 2. The van der Waals surface area contributed by atoms with Crippen LogP contribution in [0.2, 0.25) is 0 Å². The molecule has 0 aliphatic carbocycles. The molecule has 0 atom stereocenters. The molecule has 2 amide bonds. The SMILES string of the molecule is COc1ccc(CC(=O)Nc2ccc3nc(NC(C)=O)sc3c2)cc1OC. The fourth-order valence-electron chi connectivity index (χ4n) is 2.59. The Labute approximate surface area is 160 Å². The highest BCUT2D eigenvalue weighted by Gasteiger charge is 2.10. The number of fused-ring (bicyclic) bond motifs is 1. The second kappa shape index (κ2) is 8.05. The van der Waals surface area contributed by atoms with Crippen molar-refractivity contribution >= 4 is 44.2 Å². The quantitative estimate of drug-likeness (QED) is 0.678. The van der Waals surface area contributed by atoms with Crippen LogP contribution in [-0.2, 0) is 16.0 Å². The van der Waals surface area contributed by atoms with E-state index < -0.39 is 0 Å². The summed E-state index contributed by atoms with van der Waals surface area (Å²) in [6, 6.07) is 10.8. The minimum atomic E-state index is -0.169. The van der Waals surface area contributed by atoms with Gasteiger partial charge in [-0.15, -0.1) is 0 Å². The third-order valence-electron chi connectivity index (χ3n) is 3.77. The number of rotatable bonds is 6. The van der Waals surface area contributed by atoms with Gasteiger partial charge in [-0.3, -0.25) is 9.59 Å². The van der Waals surface area contributed by atoms with Crippen molar-refractivity contribution in [2.24, 2.45) is 0 Å². The molecule has 3 aromatic rings. The highest BCUT2D eigenvalue weighted by molar-refractivity contribution is 7.22. The van der Waals surface area contributed by atoms with Gasteiger partial charge in [0.2, 0.25) is 11.8 Å². The van der Waals surface area contributed by atoms with Gasteiger partial charge in [-0.1, -0.05) is 17.4 Å². The molecule has 0 unspecified atom stereocenters. The lowest BCUT2D eigenvalue weighted by molar-refractivity contribution is -0.116. The molecule has 0 spiro atoms. The maximum absolute atomic E-state index is 12.4. The first kappa shape index (κ1) is 18.7. The highest BCUT2D eigenvalue weighted by Crippen LogP contribution is 2.29. The maximum atomic E-state index is 12.4. The molecule has 0 bridgehead atoms. The van der Waals surface area contributed by atoms with Crippen LogP contribution in [0.4, 0.5) is 10.8 Å². The molecule has 3 rings (SSSR count). The number of thiazole rings is 1. The number of benzene rings is 2. The molecule has 7 nitrogen and oxygen atoms in total. The van der Waals surface area contributed by atoms with Gasteiger partial charge in [-0.25, -0.2) is 4.98 Å². The fourth-order valence-corrected chi connectivity index (χ4v) is 3.54. The monoisotopic (exact) mass is 385 g/mol. The van der Waals surface area contributed by atoms with Gasteiger partial charge < -0.3 is 20.1 Å². The van der Waals surface area contributed by atoms with Crippen molar-refractivity contribution in [1.82, 2.24) is 4.98 Å². The second-order valence-electron chi connectivity index (χ2n) is 5.80. The first-order valence-electron chi connectivity index (χ1n) is 8.17. The van der Waals surface area contributed by atoms with Crippen LogP contribution < -0.4 is 20.1 Å². The van der Waals surface area contributed by atoms with Crippen LogP contribution >= 0.6 is 11.3 Å². The standard InChI is InChI=1S/C19H19N3O4S/c1-11(23)20-19-22-14-6-5-13(10-17(14)27-19)21-18(24)9-12-4-7-15(25-2)16(8-12)26-3/h4-8,10H,9H2,1-3H3,(H,21,24)(H,20,22,23). The lowest BCUT2D eigenvalue weighted by Gasteiger charge is -2.10. The van der Waals surface area contributed by atoms with Crippen molar-refractivity contribution in [1.29, 1.82) is 0 Å². The smallest absolute Gasteiger partial charge is 0.228 e. The fraction of sp³-hybridized carbons (Fsp3) is 0.211. The Morgan fingerprint density at radius 1 is 1.04 bits per heavy atom. The van der Waals surface area contributed by atoms with E-state index in [1.54, 1.807) is 32.4 Å². The first-order valence-corrected chi connectivity index (χ1v) is 8.99. The van der Waals surface area contributed by atoms with Crippen molar-refractivity contribution in [3.63, 3.8) is 0 Å². The lowest BCUT2D eigenvalue weighted by Crippen LogP contribution is -2.14. The van der Waals surface area contributed by atoms with Crippen LogP contribution in [0.25, 0.3) is 10.2 Å². The Bertz CT molecular complexity index is 1000. The van der Waals surface area contributed by atoms with Gasteiger partial charge in [0.25, 0.3) is 0 Å². The van der Waals surface area contributed by atoms with Crippen molar-refractivity contribution in [2.75, 3.05) is 24.9 Å². The number of aromatic nitrogens is 1. The molecular weight excluding hydrogens is 366 g/mol. The van der Waals surface area contributed by atoms with Gasteiger partial charge >= 0.3 is 0 Å². The summed E-state index contributed by atoms with van der Waals surface area (Å²) < 4.78 is 11.3. The van der Waals surface area contributed by atoms with E-state index in [0.717, 1.165) is 15.8 Å². The number of nitrogens with zero attached hydrogens (tertiary/aromatic N) is 1. The summed E-state index contributed by atoms with van der Waals surface area (Å²) in [4.78, 5) is 27.8. The molecule has 0 fully saturated rings. The third-order valence-corrected chi connectivity index (χ3v) is 4.70. The minimum Gasteiger partial charge on any atom is -0.493 e. The van der Waals surface area contributed by atoms with Gasteiger partial charge in [0, 0.05) is 12.6 Å². The Kier molecular flexibility index (Phi) is 5.56. The van der Waals surface area contributed by atoms with E-state index in [1.807, 2.05) is 18.2 Å². The molecule has 1 aromatic heterocycles. The Morgan fingerprint density at radius 2 is 1.81 bits per heavy atom. The summed E-state index contributed by atoms with van der Waals surface area (Å²) in [5, 5.41) is 6.08. The predicted molar refractivity (Wildman–Crippen MR) is 106 cm³/mol. The zero-order chi connectivity index (χ0) is 19.4. The summed E-state index contributed by atoms with van der Waals surface area (Å²) >= 11 is 1.36. The Balaban J connectivity index is 1.71. The molecule has 2 aromatic carbocycles. The van der Waals surface area contributed by atoms with Crippen LogP contribution in [0, 0.1) is 0 Å². The second-order valence-corrected chi connectivity index (χ2v) is 6.83.